The Bertz CT molecular complexity index is 830. The van der Waals surface area contributed by atoms with E-state index in [1.807, 2.05) is 18.2 Å². The van der Waals surface area contributed by atoms with Crippen molar-refractivity contribution in [1.29, 1.82) is 0 Å². The molecule has 1 aliphatic rings. The summed E-state index contributed by atoms with van der Waals surface area (Å²) in [5, 5.41) is 3.56. The van der Waals surface area contributed by atoms with Gasteiger partial charge in [0.2, 0.25) is 0 Å². The molecular formula is C18H18N4O. The van der Waals surface area contributed by atoms with E-state index in [1.54, 1.807) is 19.6 Å². The van der Waals surface area contributed by atoms with Crippen molar-refractivity contribution in [3.63, 3.8) is 0 Å². The first-order chi connectivity index (χ1) is 11.4. The molecule has 0 amide bonds. The molecule has 1 unspecified atom stereocenters. The van der Waals surface area contributed by atoms with Gasteiger partial charge in [0.05, 0.1) is 18.7 Å². The monoisotopic (exact) mass is 306 g/mol. The number of rotatable bonds is 3. The normalized spacial score (nSPS) is 16.8. The van der Waals surface area contributed by atoms with Gasteiger partial charge in [-0.25, -0.2) is 9.97 Å². The Morgan fingerprint density at radius 2 is 2.09 bits per heavy atom. The van der Waals surface area contributed by atoms with Crippen molar-refractivity contribution in [1.82, 2.24) is 15.0 Å². The van der Waals surface area contributed by atoms with Gasteiger partial charge in [0.1, 0.15) is 17.6 Å². The van der Waals surface area contributed by atoms with Crippen LogP contribution in [0.1, 0.15) is 30.0 Å². The van der Waals surface area contributed by atoms with Crippen molar-refractivity contribution < 1.29 is 4.74 Å². The van der Waals surface area contributed by atoms with E-state index in [9.17, 15) is 0 Å². The molecule has 2 aromatic heterocycles. The Morgan fingerprint density at radius 1 is 1.13 bits per heavy atom. The summed E-state index contributed by atoms with van der Waals surface area (Å²) in [6, 6.07) is 10.3. The zero-order chi connectivity index (χ0) is 15.6. The van der Waals surface area contributed by atoms with E-state index in [0.717, 1.165) is 41.9 Å². The van der Waals surface area contributed by atoms with Gasteiger partial charge in [0.25, 0.3) is 0 Å². The lowest BCUT2D eigenvalue weighted by Crippen LogP contribution is -2.19. The average Bonchev–Trinajstić information content (AvgIpc) is 2.62. The van der Waals surface area contributed by atoms with Crippen LogP contribution in [-0.2, 0) is 6.42 Å². The molecule has 2 heterocycles. The minimum atomic E-state index is 0.176. The lowest BCUT2D eigenvalue weighted by molar-refractivity contribution is 0.401. The number of aromatic nitrogens is 3. The van der Waals surface area contributed by atoms with Crippen LogP contribution >= 0.6 is 0 Å². The Hall–Kier alpha value is -2.69. The molecule has 116 valence electrons. The first-order valence-electron chi connectivity index (χ1n) is 7.85. The Labute approximate surface area is 134 Å². The molecular weight excluding hydrogens is 288 g/mol. The summed E-state index contributed by atoms with van der Waals surface area (Å²) in [5.74, 6) is 1.71. The maximum atomic E-state index is 5.58. The SMILES string of the molecule is COc1cccc2c1C(Nc1ncnc3cccnc13)CCC2. The third-order valence-electron chi connectivity index (χ3n) is 4.37. The highest BCUT2D eigenvalue weighted by Crippen LogP contribution is 2.38. The fraction of sp³-hybridized carbons (Fsp3) is 0.278. The maximum absolute atomic E-state index is 5.58. The van der Waals surface area contributed by atoms with Crippen molar-refractivity contribution in [2.75, 3.05) is 12.4 Å². The summed E-state index contributed by atoms with van der Waals surface area (Å²) >= 11 is 0. The minimum absolute atomic E-state index is 0.176. The number of ether oxygens (including phenoxy) is 1. The molecule has 0 radical (unpaired) electrons. The molecule has 0 aliphatic heterocycles. The number of anilines is 1. The number of hydrogen-bond donors (Lipinski definition) is 1. The molecule has 0 fully saturated rings. The second-order valence-corrected chi connectivity index (χ2v) is 5.72. The van der Waals surface area contributed by atoms with Crippen LogP contribution in [0.5, 0.6) is 5.75 Å². The third kappa shape index (κ3) is 2.48. The zero-order valence-corrected chi connectivity index (χ0v) is 13.0. The van der Waals surface area contributed by atoms with E-state index in [0.29, 0.717) is 0 Å². The van der Waals surface area contributed by atoms with Gasteiger partial charge in [-0.3, -0.25) is 4.98 Å². The summed E-state index contributed by atoms with van der Waals surface area (Å²) < 4.78 is 5.58. The van der Waals surface area contributed by atoms with E-state index < -0.39 is 0 Å². The van der Waals surface area contributed by atoms with Crippen LogP contribution in [0.2, 0.25) is 0 Å². The molecule has 1 aliphatic carbocycles. The molecule has 5 heteroatoms. The molecule has 5 nitrogen and oxygen atoms in total. The van der Waals surface area contributed by atoms with Crippen LogP contribution in [0.3, 0.4) is 0 Å². The van der Waals surface area contributed by atoms with E-state index in [4.69, 9.17) is 4.74 Å². The highest BCUT2D eigenvalue weighted by atomic mass is 16.5. The quantitative estimate of drug-likeness (QED) is 0.802. The topological polar surface area (TPSA) is 59.9 Å². The molecule has 4 rings (SSSR count). The molecule has 1 atom stereocenters. The number of hydrogen-bond acceptors (Lipinski definition) is 5. The first-order valence-corrected chi connectivity index (χ1v) is 7.85. The standard InChI is InChI=1S/C18H18N4O/c1-23-15-9-3-6-12-5-2-7-13(16(12)15)22-18-17-14(20-11-21-18)8-4-10-19-17/h3-4,6,8-11,13H,2,5,7H2,1H3,(H,20,21,22). The second kappa shape index (κ2) is 5.83. The molecule has 0 bridgehead atoms. The summed E-state index contributed by atoms with van der Waals surface area (Å²) in [6.45, 7) is 0. The van der Waals surface area contributed by atoms with Crippen molar-refractivity contribution >= 4 is 16.9 Å². The van der Waals surface area contributed by atoms with Crippen molar-refractivity contribution in [3.8, 4) is 5.75 Å². The molecule has 0 saturated heterocycles. The van der Waals surface area contributed by atoms with Gasteiger partial charge in [-0.1, -0.05) is 12.1 Å². The van der Waals surface area contributed by atoms with Gasteiger partial charge in [0.15, 0.2) is 5.82 Å². The fourth-order valence-electron chi connectivity index (χ4n) is 3.33. The number of nitrogens with zero attached hydrogens (tertiary/aromatic N) is 3. The summed E-state index contributed by atoms with van der Waals surface area (Å²) in [7, 11) is 1.73. The van der Waals surface area contributed by atoms with Gasteiger partial charge in [0, 0.05) is 11.8 Å². The van der Waals surface area contributed by atoms with Crippen LogP contribution in [0.15, 0.2) is 42.9 Å². The molecule has 1 aromatic carbocycles. The van der Waals surface area contributed by atoms with Crippen molar-refractivity contribution in [3.05, 3.63) is 54.0 Å². The second-order valence-electron chi connectivity index (χ2n) is 5.72. The number of nitrogens with one attached hydrogen (secondary N) is 1. The van der Waals surface area contributed by atoms with Gasteiger partial charge >= 0.3 is 0 Å². The van der Waals surface area contributed by atoms with Crippen LogP contribution in [0, 0.1) is 0 Å². The minimum Gasteiger partial charge on any atom is -0.496 e. The first kappa shape index (κ1) is 13.9. The summed E-state index contributed by atoms with van der Waals surface area (Å²) in [4.78, 5) is 13.1. The summed E-state index contributed by atoms with van der Waals surface area (Å²) in [6.07, 6.45) is 6.64. The van der Waals surface area contributed by atoms with E-state index in [2.05, 4.69) is 32.4 Å². The van der Waals surface area contributed by atoms with Crippen molar-refractivity contribution in [2.45, 2.75) is 25.3 Å². The smallest absolute Gasteiger partial charge is 0.156 e. The van der Waals surface area contributed by atoms with Crippen molar-refractivity contribution in [2.24, 2.45) is 0 Å². The highest BCUT2D eigenvalue weighted by molar-refractivity contribution is 5.84. The number of fused-ring (bicyclic) bond motifs is 2. The Morgan fingerprint density at radius 3 is 3.00 bits per heavy atom. The summed E-state index contributed by atoms with van der Waals surface area (Å²) in [5.41, 5.74) is 4.24. The average molecular weight is 306 g/mol. The Kier molecular flexibility index (Phi) is 3.54. The predicted octanol–water partition coefficient (Wildman–Crippen LogP) is 3.52. The van der Waals surface area contributed by atoms with Crippen LogP contribution in [0.4, 0.5) is 5.82 Å². The van der Waals surface area contributed by atoms with E-state index >= 15 is 0 Å². The number of pyridine rings is 1. The zero-order valence-electron chi connectivity index (χ0n) is 13.0. The molecule has 3 aromatic rings. The lowest BCUT2D eigenvalue weighted by atomic mass is 9.87. The fourth-order valence-corrected chi connectivity index (χ4v) is 3.33. The number of methoxy groups -OCH3 is 1. The van der Waals surface area contributed by atoms with Crippen LogP contribution in [0.25, 0.3) is 11.0 Å². The van der Waals surface area contributed by atoms with Crippen LogP contribution < -0.4 is 10.1 Å². The highest BCUT2D eigenvalue weighted by Gasteiger charge is 2.24. The number of aryl methyl sites for hydroxylation is 1. The molecule has 0 spiro atoms. The van der Waals surface area contributed by atoms with Gasteiger partial charge in [-0.05, 0) is 43.0 Å². The largest absolute Gasteiger partial charge is 0.496 e. The van der Waals surface area contributed by atoms with E-state index in [1.165, 1.54) is 11.1 Å². The predicted molar refractivity (Wildman–Crippen MR) is 89.6 cm³/mol. The molecule has 1 N–H and O–H groups in total. The number of benzene rings is 1. The lowest BCUT2D eigenvalue weighted by Gasteiger charge is -2.28. The van der Waals surface area contributed by atoms with Gasteiger partial charge in [-0.2, -0.15) is 0 Å². The Balaban J connectivity index is 1.76. The van der Waals surface area contributed by atoms with E-state index in [-0.39, 0.29) is 6.04 Å². The molecule has 23 heavy (non-hydrogen) atoms. The third-order valence-corrected chi connectivity index (χ3v) is 4.37. The molecule has 0 saturated carbocycles. The van der Waals surface area contributed by atoms with Crippen LogP contribution in [-0.4, -0.2) is 22.1 Å². The van der Waals surface area contributed by atoms with Gasteiger partial charge < -0.3 is 10.1 Å². The van der Waals surface area contributed by atoms with Gasteiger partial charge in [-0.15, -0.1) is 0 Å². The maximum Gasteiger partial charge on any atom is 0.156 e.